The van der Waals surface area contributed by atoms with Gasteiger partial charge in [0.15, 0.2) is 0 Å². The van der Waals surface area contributed by atoms with Crippen molar-refractivity contribution in [2.24, 2.45) is 5.92 Å². The number of carbonyl (C=O) groups excluding carboxylic acids is 2. The molecular formula is C29H44O11. The van der Waals surface area contributed by atoms with Gasteiger partial charge in [0.25, 0.3) is 0 Å². The second-order valence-corrected chi connectivity index (χ2v) is 12.3. The van der Waals surface area contributed by atoms with Crippen LogP contribution in [0.25, 0.3) is 0 Å². The number of ketones is 2. The number of rotatable bonds is 12. The van der Waals surface area contributed by atoms with Crippen LogP contribution in [-0.4, -0.2) is 119 Å². The molecule has 0 amide bonds. The fraction of sp³-hybridized carbons (Fsp3) is 0.862. The fourth-order valence-corrected chi connectivity index (χ4v) is 6.88. The molecule has 5 aliphatic heterocycles. The van der Waals surface area contributed by atoms with Gasteiger partial charge in [-0.15, -0.1) is 0 Å². The number of hydrogen-bond donors (Lipinski definition) is 4. The number of aliphatic hydroxyl groups is 4. The number of hydrogen-bond acceptors (Lipinski definition) is 11. The van der Waals surface area contributed by atoms with Gasteiger partial charge in [-0.2, -0.15) is 0 Å². The van der Waals surface area contributed by atoms with E-state index in [0.29, 0.717) is 58.2 Å². The first-order valence-electron chi connectivity index (χ1n) is 14.7. The zero-order valence-corrected chi connectivity index (χ0v) is 23.0. The van der Waals surface area contributed by atoms with Crippen molar-refractivity contribution in [2.75, 3.05) is 19.8 Å². The molecule has 0 aromatic carbocycles. The topological polar surface area (TPSA) is 161 Å². The molecule has 0 radical (unpaired) electrons. The quantitative estimate of drug-likeness (QED) is 0.241. The van der Waals surface area contributed by atoms with E-state index in [9.17, 15) is 24.9 Å². The number of Topliss-reactive ketones (excluding diaryl/α,β-unsaturated/α-hetero) is 2. The molecule has 0 aliphatic carbocycles. The van der Waals surface area contributed by atoms with E-state index in [-0.39, 0.29) is 55.2 Å². The maximum atomic E-state index is 12.8. The van der Waals surface area contributed by atoms with Crippen molar-refractivity contribution in [2.45, 2.75) is 131 Å². The molecule has 11 heteroatoms. The lowest BCUT2D eigenvalue weighted by atomic mass is 9.87. The number of carbonyl (C=O) groups is 2. The van der Waals surface area contributed by atoms with E-state index >= 15 is 0 Å². The lowest BCUT2D eigenvalue weighted by Gasteiger charge is -2.46. The van der Waals surface area contributed by atoms with E-state index in [1.54, 1.807) is 0 Å². The molecule has 40 heavy (non-hydrogen) atoms. The average Bonchev–Trinajstić information content (AvgIpc) is 3.63. The van der Waals surface area contributed by atoms with Crippen LogP contribution in [0.15, 0.2) is 12.2 Å². The minimum atomic E-state index is -1.05. The molecule has 12 atom stereocenters. The van der Waals surface area contributed by atoms with Gasteiger partial charge in [-0.3, -0.25) is 9.59 Å². The normalized spacial score (nSPS) is 42.0. The summed E-state index contributed by atoms with van der Waals surface area (Å²) in [5, 5.41) is 40.6. The predicted molar refractivity (Wildman–Crippen MR) is 139 cm³/mol. The summed E-state index contributed by atoms with van der Waals surface area (Å²) in [5.41, 5.74) is 1.03. The van der Waals surface area contributed by atoms with Crippen molar-refractivity contribution >= 4 is 11.6 Å². The number of ether oxygens (including phenoxy) is 5. The van der Waals surface area contributed by atoms with Crippen LogP contribution in [-0.2, 0) is 33.3 Å². The highest BCUT2D eigenvalue weighted by molar-refractivity contribution is 5.79. The highest BCUT2D eigenvalue weighted by Crippen LogP contribution is 2.40. The van der Waals surface area contributed by atoms with Crippen molar-refractivity contribution in [3.8, 4) is 0 Å². The van der Waals surface area contributed by atoms with Gasteiger partial charge in [0, 0.05) is 32.1 Å². The lowest BCUT2D eigenvalue weighted by Crippen LogP contribution is -2.61. The molecule has 5 saturated heterocycles. The van der Waals surface area contributed by atoms with Crippen LogP contribution >= 0.6 is 0 Å². The van der Waals surface area contributed by atoms with Gasteiger partial charge in [0.2, 0.25) is 0 Å². The van der Waals surface area contributed by atoms with E-state index in [4.69, 9.17) is 28.8 Å². The minimum absolute atomic E-state index is 0.00742. The Hall–Kier alpha value is -1.28. The Labute approximate surface area is 234 Å². The standard InChI is InChI=1S/C29H44O11/c1-15-6-20(36-13-15)3-2-17(31)11-24-25(34)28-29(40-24)26(35)27-23(39-28)5-4-21(38-27)9-18(32)7-16-8-22(37-14-16)10-19(33)12-30/h16,19-30,33-35H,1-14H2/t16?,19?,20?,21?,22-,23?,24?,25?,26?,27-,28?,29?/m0/s1. The monoisotopic (exact) mass is 568 g/mol. The molecule has 0 saturated carbocycles. The summed E-state index contributed by atoms with van der Waals surface area (Å²) in [7, 11) is 0. The molecule has 5 rings (SSSR count). The summed E-state index contributed by atoms with van der Waals surface area (Å²) in [4.78, 5) is 25.4. The Morgan fingerprint density at radius 3 is 2.45 bits per heavy atom. The number of aliphatic hydroxyl groups excluding tert-OH is 4. The summed E-state index contributed by atoms with van der Waals surface area (Å²) in [6, 6.07) is 0. The minimum Gasteiger partial charge on any atom is -0.394 e. The van der Waals surface area contributed by atoms with Crippen molar-refractivity contribution in [1.82, 2.24) is 0 Å². The van der Waals surface area contributed by atoms with Crippen LogP contribution in [0.4, 0.5) is 0 Å². The maximum absolute atomic E-state index is 12.8. The average molecular weight is 569 g/mol. The van der Waals surface area contributed by atoms with E-state index in [0.717, 1.165) is 12.0 Å². The van der Waals surface area contributed by atoms with Gasteiger partial charge in [-0.05, 0) is 43.6 Å². The van der Waals surface area contributed by atoms with Gasteiger partial charge in [0.05, 0.1) is 56.4 Å². The first kappa shape index (κ1) is 30.2. The summed E-state index contributed by atoms with van der Waals surface area (Å²) in [6.45, 7) is 4.59. The molecule has 5 aliphatic rings. The Morgan fingerprint density at radius 1 is 0.900 bits per heavy atom. The van der Waals surface area contributed by atoms with Crippen LogP contribution in [0, 0.1) is 5.92 Å². The zero-order valence-electron chi connectivity index (χ0n) is 23.0. The first-order chi connectivity index (χ1) is 19.2. The smallest absolute Gasteiger partial charge is 0.135 e. The highest BCUT2D eigenvalue weighted by atomic mass is 16.6. The van der Waals surface area contributed by atoms with E-state index in [1.165, 1.54) is 0 Å². The van der Waals surface area contributed by atoms with E-state index < -0.39 is 48.8 Å². The second kappa shape index (κ2) is 13.4. The summed E-state index contributed by atoms with van der Waals surface area (Å²) in [6.07, 6.45) is -2.29. The van der Waals surface area contributed by atoms with Crippen molar-refractivity contribution in [3.05, 3.63) is 12.2 Å². The molecule has 5 heterocycles. The Balaban J connectivity index is 1.07. The maximum Gasteiger partial charge on any atom is 0.135 e. The fourth-order valence-electron chi connectivity index (χ4n) is 6.88. The summed E-state index contributed by atoms with van der Waals surface area (Å²) < 4.78 is 29.5. The number of fused-ring (bicyclic) bond motifs is 2. The zero-order chi connectivity index (χ0) is 28.4. The van der Waals surface area contributed by atoms with Crippen LogP contribution < -0.4 is 0 Å². The van der Waals surface area contributed by atoms with Crippen LogP contribution in [0.1, 0.15) is 64.2 Å². The molecule has 0 bridgehead atoms. The second-order valence-electron chi connectivity index (χ2n) is 12.3. The predicted octanol–water partition coefficient (Wildman–Crippen LogP) is 0.373. The van der Waals surface area contributed by atoms with E-state index in [1.807, 2.05) is 0 Å². The summed E-state index contributed by atoms with van der Waals surface area (Å²) >= 11 is 0. The highest BCUT2D eigenvalue weighted by Gasteiger charge is 2.57. The molecule has 4 N–H and O–H groups in total. The van der Waals surface area contributed by atoms with Crippen molar-refractivity contribution in [1.29, 1.82) is 0 Å². The molecular weight excluding hydrogens is 524 g/mol. The SMILES string of the molecule is C=C1COC(CCC(=O)CC2OC3C(OC4CCC(CC(=O)CC5CO[C@H](CC(O)CO)C5)O[C@@H]4C3O)C2O)C1. The molecule has 0 spiro atoms. The van der Waals surface area contributed by atoms with Crippen molar-refractivity contribution in [3.63, 3.8) is 0 Å². The first-order valence-corrected chi connectivity index (χ1v) is 14.7. The largest absolute Gasteiger partial charge is 0.394 e. The van der Waals surface area contributed by atoms with E-state index in [2.05, 4.69) is 6.58 Å². The van der Waals surface area contributed by atoms with Crippen LogP contribution in [0.3, 0.4) is 0 Å². The van der Waals surface area contributed by atoms with Gasteiger partial charge < -0.3 is 44.1 Å². The van der Waals surface area contributed by atoms with Crippen LogP contribution in [0.5, 0.6) is 0 Å². The molecule has 5 fully saturated rings. The third-order valence-corrected chi connectivity index (χ3v) is 8.96. The molecule has 11 nitrogen and oxygen atoms in total. The Morgan fingerprint density at radius 2 is 1.70 bits per heavy atom. The lowest BCUT2D eigenvalue weighted by molar-refractivity contribution is -0.259. The van der Waals surface area contributed by atoms with Gasteiger partial charge in [-0.1, -0.05) is 6.58 Å². The van der Waals surface area contributed by atoms with Crippen LogP contribution in [0.2, 0.25) is 0 Å². The third-order valence-electron chi connectivity index (χ3n) is 8.96. The Kier molecular flexibility index (Phi) is 10.1. The van der Waals surface area contributed by atoms with Crippen molar-refractivity contribution < 1.29 is 53.7 Å². The molecule has 10 unspecified atom stereocenters. The molecule has 0 aromatic rings. The summed E-state index contributed by atoms with van der Waals surface area (Å²) in [5.74, 6) is 0.0966. The molecule has 0 aromatic heterocycles. The Bertz CT molecular complexity index is 910. The van der Waals surface area contributed by atoms with Gasteiger partial charge in [-0.25, -0.2) is 0 Å². The third kappa shape index (κ3) is 7.19. The molecule has 226 valence electrons. The van der Waals surface area contributed by atoms with Gasteiger partial charge >= 0.3 is 0 Å². The van der Waals surface area contributed by atoms with Gasteiger partial charge in [0.1, 0.15) is 42.1 Å².